The molecule has 0 amide bonds. The number of rotatable bonds is 5. The first-order valence-electron chi connectivity index (χ1n) is 26.8. The summed E-state index contributed by atoms with van der Waals surface area (Å²) < 4.78 is 0. The summed E-state index contributed by atoms with van der Waals surface area (Å²) in [7, 11) is 0. The van der Waals surface area contributed by atoms with E-state index in [-0.39, 0.29) is 0 Å². The molecule has 3 N–H and O–H groups in total. The molecular weight excluding hydrogens is 697 g/mol. The summed E-state index contributed by atoms with van der Waals surface area (Å²) in [5.74, 6) is 9.99. The summed E-state index contributed by atoms with van der Waals surface area (Å²) >= 11 is 0. The summed E-state index contributed by atoms with van der Waals surface area (Å²) in [5.41, 5.74) is 6.90. The first-order valence-corrected chi connectivity index (χ1v) is 26.8. The molecule has 7 aliphatic carbocycles. The van der Waals surface area contributed by atoms with Crippen molar-refractivity contribution in [2.75, 3.05) is 26.2 Å². The molecule has 5 aliphatic heterocycles. The van der Waals surface area contributed by atoms with E-state index >= 15 is 0 Å². The Morgan fingerprint density at radius 1 is 0.281 bits per heavy atom. The van der Waals surface area contributed by atoms with Gasteiger partial charge in [-0.25, -0.2) is 0 Å². The lowest BCUT2D eigenvalue weighted by molar-refractivity contribution is 0.0210. The molecule has 5 heterocycles. The fourth-order valence-electron chi connectivity index (χ4n) is 19.5. The molecule has 0 aromatic rings. The fraction of sp³-hybridized carbons (Fsp3) is 1.00. The molecule has 57 heavy (non-hydrogen) atoms. The number of hydrazine groups is 1. The van der Waals surface area contributed by atoms with Crippen molar-refractivity contribution in [3.05, 3.63) is 0 Å². The third-order valence-electron chi connectivity index (χ3n) is 21.7. The molecule has 0 radical (unpaired) electrons. The second-order valence-electron chi connectivity index (χ2n) is 23.6. The molecule has 0 aromatic heterocycles. The average molecular weight is 783 g/mol. The van der Waals surface area contributed by atoms with Crippen molar-refractivity contribution in [2.24, 2.45) is 59.2 Å². The summed E-state index contributed by atoms with van der Waals surface area (Å²) in [5, 5.41) is 3.94. The molecule has 15 unspecified atom stereocenters. The van der Waals surface area contributed by atoms with E-state index in [4.69, 9.17) is 0 Å². The quantitative estimate of drug-likeness (QED) is 0.259. The van der Waals surface area contributed by atoms with E-state index in [1.807, 2.05) is 0 Å². The molecule has 0 spiro atoms. The molecular formula is C51H86N6. The predicted molar refractivity (Wildman–Crippen MR) is 233 cm³/mol. The summed E-state index contributed by atoms with van der Waals surface area (Å²) in [4.78, 5) is 10.00. The molecule has 15 atom stereocenters. The van der Waals surface area contributed by atoms with E-state index < -0.39 is 0 Å². The van der Waals surface area contributed by atoms with Gasteiger partial charge in [-0.2, -0.15) is 0 Å². The molecule has 6 nitrogen and oxygen atoms in total. The van der Waals surface area contributed by atoms with Crippen LogP contribution >= 0.6 is 0 Å². The van der Waals surface area contributed by atoms with Gasteiger partial charge in [-0.3, -0.25) is 25.6 Å². The van der Waals surface area contributed by atoms with Crippen molar-refractivity contribution in [3.63, 3.8) is 0 Å². The summed E-state index contributed by atoms with van der Waals surface area (Å²) in [6, 6.07) is 8.24. The maximum atomic E-state index is 3.94. The van der Waals surface area contributed by atoms with Gasteiger partial charge in [0.25, 0.3) is 0 Å². The first-order chi connectivity index (χ1) is 28.3. The van der Waals surface area contributed by atoms with Gasteiger partial charge in [0.1, 0.15) is 0 Å². The summed E-state index contributed by atoms with van der Waals surface area (Å²) in [6.45, 7) is 4.94. The second kappa shape index (κ2) is 16.5. The Hall–Kier alpha value is -0.240. The summed E-state index contributed by atoms with van der Waals surface area (Å²) in [6.07, 6.45) is 42.8. The van der Waals surface area contributed by atoms with Crippen molar-refractivity contribution in [1.82, 2.24) is 30.9 Å². The van der Waals surface area contributed by atoms with Crippen molar-refractivity contribution in [2.45, 2.75) is 234 Å². The zero-order chi connectivity index (χ0) is 37.5. The standard InChI is InChI=1S/C51H86N6/c1-3-9-37(10-4-1)55-46-14-8-7-13-40(46)44-29-50-45(30-49(44)55)43-28-35(18-22-48(43)56(50)38-11-5-2-6-12-38)34-17-21-47-42(27-34)41-24-25-52-32-51(41)57(47)39-19-15-33(16-20-39)36-23-26-53-54-31-36/h33-54H,1-32H2. The Kier molecular flexibility index (Phi) is 11.1. The highest BCUT2D eigenvalue weighted by Crippen LogP contribution is 2.61. The van der Waals surface area contributed by atoms with Crippen LogP contribution < -0.4 is 16.2 Å². The van der Waals surface area contributed by atoms with E-state index in [1.165, 1.54) is 148 Å². The lowest BCUT2D eigenvalue weighted by Crippen LogP contribution is -2.53. The number of piperidine rings is 1. The van der Waals surface area contributed by atoms with Crippen LogP contribution in [0.1, 0.15) is 180 Å². The maximum Gasteiger partial charge on any atom is 0.0258 e. The predicted octanol–water partition coefficient (Wildman–Crippen LogP) is 9.14. The SMILES string of the molecule is C1CCC(N2C3CCCCC3C3CC4C(CC32)C2CC(C3CCC5C(C3)C3CCNCC3N5C3CCC(C5CCNNC5)CC3)CCC2N4C2CCCCC2)CC1. The third kappa shape index (κ3) is 6.82. The largest absolute Gasteiger partial charge is 0.315 e. The van der Waals surface area contributed by atoms with Gasteiger partial charge in [0.15, 0.2) is 0 Å². The van der Waals surface area contributed by atoms with Crippen LogP contribution in [-0.2, 0) is 0 Å². The minimum absolute atomic E-state index is 0.836. The Morgan fingerprint density at radius 3 is 1.44 bits per heavy atom. The second-order valence-corrected chi connectivity index (χ2v) is 23.6. The number of fused-ring (bicyclic) bond motifs is 9. The average Bonchev–Trinajstić information content (AvgIpc) is 3.91. The monoisotopic (exact) mass is 783 g/mol. The van der Waals surface area contributed by atoms with Crippen LogP contribution in [0.15, 0.2) is 0 Å². The van der Waals surface area contributed by atoms with E-state index in [0.717, 1.165) is 114 Å². The number of hydrogen-bond acceptors (Lipinski definition) is 6. The van der Waals surface area contributed by atoms with Gasteiger partial charge in [-0.05, 0) is 194 Å². The van der Waals surface area contributed by atoms with Gasteiger partial charge in [0.2, 0.25) is 0 Å². The van der Waals surface area contributed by atoms with E-state index in [1.54, 1.807) is 57.8 Å². The minimum Gasteiger partial charge on any atom is -0.315 e. The molecule has 12 rings (SSSR count). The smallest absolute Gasteiger partial charge is 0.0258 e. The molecule has 6 heteroatoms. The van der Waals surface area contributed by atoms with Crippen LogP contribution in [0.3, 0.4) is 0 Å². The Balaban J connectivity index is 0.769. The van der Waals surface area contributed by atoms with Crippen molar-refractivity contribution < 1.29 is 0 Å². The van der Waals surface area contributed by atoms with Gasteiger partial charge in [-0.1, -0.05) is 51.4 Å². The third-order valence-corrected chi connectivity index (χ3v) is 21.7. The van der Waals surface area contributed by atoms with E-state index in [9.17, 15) is 0 Å². The Labute approximate surface area is 349 Å². The van der Waals surface area contributed by atoms with Crippen molar-refractivity contribution >= 4 is 0 Å². The minimum atomic E-state index is 0.836. The molecule has 12 aliphatic rings. The number of hydrogen-bond donors (Lipinski definition) is 3. The van der Waals surface area contributed by atoms with Crippen LogP contribution in [-0.4, -0.2) is 95.3 Å². The first kappa shape index (κ1) is 38.4. The molecule has 7 saturated carbocycles. The van der Waals surface area contributed by atoms with Crippen LogP contribution in [0.2, 0.25) is 0 Å². The molecule has 320 valence electrons. The van der Waals surface area contributed by atoms with Crippen LogP contribution in [0.5, 0.6) is 0 Å². The van der Waals surface area contributed by atoms with E-state index in [2.05, 4.69) is 30.9 Å². The van der Waals surface area contributed by atoms with Gasteiger partial charge in [0, 0.05) is 74.0 Å². The van der Waals surface area contributed by atoms with E-state index in [0.29, 0.717) is 0 Å². The molecule has 0 aromatic carbocycles. The Bertz CT molecular complexity index is 1350. The van der Waals surface area contributed by atoms with Crippen LogP contribution in [0.4, 0.5) is 0 Å². The lowest BCUT2D eigenvalue weighted by atomic mass is 9.61. The van der Waals surface area contributed by atoms with Gasteiger partial charge in [-0.15, -0.1) is 0 Å². The highest BCUT2D eigenvalue weighted by molar-refractivity contribution is 5.15. The highest BCUT2D eigenvalue weighted by atomic mass is 15.4. The Morgan fingerprint density at radius 2 is 0.789 bits per heavy atom. The molecule has 0 bridgehead atoms. The van der Waals surface area contributed by atoms with Crippen molar-refractivity contribution in [3.8, 4) is 0 Å². The zero-order valence-electron chi connectivity index (χ0n) is 36.4. The fourth-order valence-corrected chi connectivity index (χ4v) is 19.5. The zero-order valence-corrected chi connectivity index (χ0v) is 36.4. The van der Waals surface area contributed by atoms with Crippen LogP contribution in [0.25, 0.3) is 0 Å². The van der Waals surface area contributed by atoms with Gasteiger partial charge in [0.05, 0.1) is 0 Å². The highest BCUT2D eigenvalue weighted by Gasteiger charge is 2.62. The van der Waals surface area contributed by atoms with Gasteiger partial charge < -0.3 is 5.32 Å². The van der Waals surface area contributed by atoms with Crippen molar-refractivity contribution in [1.29, 1.82) is 0 Å². The topological polar surface area (TPSA) is 45.8 Å². The molecule has 5 saturated heterocycles. The maximum absolute atomic E-state index is 3.94. The number of likely N-dealkylation sites (tertiary alicyclic amines) is 3. The van der Waals surface area contributed by atoms with Gasteiger partial charge >= 0.3 is 0 Å². The normalized spacial score (nSPS) is 51.7. The number of nitrogens with zero attached hydrogens (tertiary/aromatic N) is 3. The molecule has 12 fully saturated rings. The number of nitrogens with one attached hydrogen (secondary N) is 3. The lowest BCUT2D eigenvalue weighted by Gasteiger charge is -2.47. The van der Waals surface area contributed by atoms with Crippen LogP contribution in [0, 0.1) is 59.2 Å².